The molecule has 1 heterocycles. The summed E-state index contributed by atoms with van der Waals surface area (Å²) in [6.45, 7) is 0.247. The molecule has 0 fully saturated rings. The van der Waals surface area contributed by atoms with Crippen LogP contribution in [0.15, 0.2) is 59.1 Å². The third kappa shape index (κ3) is 5.67. The van der Waals surface area contributed by atoms with Crippen LogP contribution in [0, 0.1) is 0 Å². The van der Waals surface area contributed by atoms with Gasteiger partial charge in [-0.1, -0.05) is 47.6 Å². The number of unbranched alkanes of at least 4 members (excludes halogenated alkanes) is 1. The highest BCUT2D eigenvalue weighted by atomic mass is 16.5. The Balaban J connectivity index is 1.35. The second-order valence-corrected chi connectivity index (χ2v) is 6.21. The van der Waals surface area contributed by atoms with E-state index >= 15 is 0 Å². The molecule has 0 bridgehead atoms. The van der Waals surface area contributed by atoms with Gasteiger partial charge in [0.1, 0.15) is 5.75 Å². The summed E-state index contributed by atoms with van der Waals surface area (Å²) in [6, 6.07) is 17.6. The van der Waals surface area contributed by atoms with Crippen molar-refractivity contribution in [3.63, 3.8) is 0 Å². The maximum atomic E-state index is 12.0. The first-order chi connectivity index (χ1) is 13.2. The van der Waals surface area contributed by atoms with Crippen molar-refractivity contribution in [1.82, 2.24) is 15.5 Å². The number of hydrogen-bond acceptors (Lipinski definition) is 5. The normalized spacial score (nSPS) is 10.6. The topological polar surface area (TPSA) is 77.2 Å². The third-order valence-electron chi connectivity index (χ3n) is 4.22. The quantitative estimate of drug-likeness (QED) is 0.584. The highest BCUT2D eigenvalue weighted by Crippen LogP contribution is 2.15. The van der Waals surface area contributed by atoms with Gasteiger partial charge in [0, 0.05) is 12.0 Å². The summed E-state index contributed by atoms with van der Waals surface area (Å²) in [5, 5.41) is 6.77. The summed E-state index contributed by atoms with van der Waals surface area (Å²) in [5.74, 6) is 1.78. The molecule has 0 saturated heterocycles. The maximum Gasteiger partial charge on any atom is 0.246 e. The van der Waals surface area contributed by atoms with Crippen molar-refractivity contribution < 1.29 is 14.1 Å². The van der Waals surface area contributed by atoms with Crippen LogP contribution >= 0.6 is 0 Å². The van der Waals surface area contributed by atoms with Crippen LogP contribution in [-0.2, 0) is 17.8 Å². The largest absolute Gasteiger partial charge is 0.497 e. The van der Waals surface area contributed by atoms with Crippen LogP contribution in [0.4, 0.5) is 0 Å². The molecule has 6 nitrogen and oxygen atoms in total. The fraction of sp³-hybridized carbons (Fsp3) is 0.286. The van der Waals surface area contributed by atoms with Crippen LogP contribution in [0.5, 0.6) is 5.75 Å². The van der Waals surface area contributed by atoms with Crippen molar-refractivity contribution in [2.75, 3.05) is 7.11 Å². The standard InChI is InChI=1S/C21H23N3O3/c1-26-18-13-11-16(12-14-18)7-5-6-10-19(25)22-15-20-23-21(24-27-20)17-8-3-2-4-9-17/h2-4,8-9,11-14H,5-7,10,15H2,1H3,(H,22,25). The lowest BCUT2D eigenvalue weighted by molar-refractivity contribution is -0.121. The molecular weight excluding hydrogens is 342 g/mol. The van der Waals surface area contributed by atoms with Crippen molar-refractivity contribution in [3.8, 4) is 17.1 Å². The minimum absolute atomic E-state index is 0.0100. The zero-order valence-electron chi connectivity index (χ0n) is 15.4. The highest BCUT2D eigenvalue weighted by molar-refractivity contribution is 5.75. The smallest absolute Gasteiger partial charge is 0.246 e. The van der Waals surface area contributed by atoms with Crippen LogP contribution in [0.3, 0.4) is 0 Å². The number of amides is 1. The molecule has 27 heavy (non-hydrogen) atoms. The Hall–Kier alpha value is -3.15. The van der Waals surface area contributed by atoms with Crippen LogP contribution in [-0.4, -0.2) is 23.2 Å². The molecule has 0 saturated carbocycles. The lowest BCUT2D eigenvalue weighted by Crippen LogP contribution is -2.22. The predicted octanol–water partition coefficient (Wildman–Crippen LogP) is 3.77. The molecule has 3 rings (SSSR count). The van der Waals surface area contributed by atoms with Gasteiger partial charge in [-0.15, -0.1) is 0 Å². The summed E-state index contributed by atoms with van der Waals surface area (Å²) in [5.41, 5.74) is 2.13. The van der Waals surface area contributed by atoms with E-state index in [-0.39, 0.29) is 12.5 Å². The molecule has 1 amide bonds. The van der Waals surface area contributed by atoms with Crippen molar-refractivity contribution in [3.05, 3.63) is 66.1 Å². The second kappa shape index (κ2) is 9.52. The predicted molar refractivity (Wildman–Crippen MR) is 102 cm³/mol. The van der Waals surface area contributed by atoms with Crippen LogP contribution in [0.1, 0.15) is 30.7 Å². The molecule has 0 atom stereocenters. The van der Waals surface area contributed by atoms with Gasteiger partial charge in [-0.05, 0) is 37.0 Å². The van der Waals surface area contributed by atoms with E-state index in [2.05, 4.69) is 27.6 Å². The number of hydrogen-bond donors (Lipinski definition) is 1. The number of methoxy groups -OCH3 is 1. The minimum atomic E-state index is -0.0100. The van der Waals surface area contributed by atoms with Crippen molar-refractivity contribution in [2.45, 2.75) is 32.2 Å². The van der Waals surface area contributed by atoms with Crippen molar-refractivity contribution in [1.29, 1.82) is 0 Å². The molecule has 1 aromatic heterocycles. The van der Waals surface area contributed by atoms with Gasteiger partial charge in [0.25, 0.3) is 0 Å². The van der Waals surface area contributed by atoms with E-state index in [1.54, 1.807) is 7.11 Å². The van der Waals surface area contributed by atoms with Gasteiger partial charge in [0.2, 0.25) is 17.6 Å². The van der Waals surface area contributed by atoms with Crippen LogP contribution in [0.2, 0.25) is 0 Å². The molecule has 2 aromatic carbocycles. The number of carbonyl (C=O) groups excluding carboxylic acids is 1. The lowest BCUT2D eigenvalue weighted by Gasteiger charge is -2.04. The molecular formula is C21H23N3O3. The van der Waals surface area contributed by atoms with E-state index in [9.17, 15) is 4.79 Å². The number of aromatic nitrogens is 2. The van der Waals surface area contributed by atoms with Gasteiger partial charge in [-0.3, -0.25) is 4.79 Å². The molecule has 3 aromatic rings. The molecule has 6 heteroatoms. The van der Waals surface area contributed by atoms with Crippen molar-refractivity contribution in [2.24, 2.45) is 0 Å². The molecule has 140 valence electrons. The second-order valence-electron chi connectivity index (χ2n) is 6.21. The zero-order chi connectivity index (χ0) is 18.9. The summed E-state index contributed by atoms with van der Waals surface area (Å²) < 4.78 is 10.3. The number of ether oxygens (including phenoxy) is 1. The zero-order valence-corrected chi connectivity index (χ0v) is 15.4. The first-order valence-electron chi connectivity index (χ1n) is 9.02. The van der Waals surface area contributed by atoms with E-state index < -0.39 is 0 Å². The average molecular weight is 365 g/mol. The monoisotopic (exact) mass is 365 g/mol. The SMILES string of the molecule is COc1ccc(CCCCC(=O)NCc2nc(-c3ccccc3)no2)cc1. The van der Waals surface area contributed by atoms with E-state index in [0.29, 0.717) is 18.1 Å². The molecule has 0 aliphatic carbocycles. The van der Waals surface area contributed by atoms with Crippen LogP contribution in [0.25, 0.3) is 11.4 Å². The van der Waals surface area contributed by atoms with Crippen molar-refractivity contribution >= 4 is 5.91 Å². The molecule has 0 unspecified atom stereocenters. The number of nitrogens with zero attached hydrogens (tertiary/aromatic N) is 2. The Kier molecular flexibility index (Phi) is 6.57. The minimum Gasteiger partial charge on any atom is -0.497 e. The van der Waals surface area contributed by atoms with E-state index in [0.717, 1.165) is 30.6 Å². The molecule has 0 aliphatic rings. The van der Waals surface area contributed by atoms with E-state index in [1.165, 1.54) is 5.56 Å². The lowest BCUT2D eigenvalue weighted by atomic mass is 10.1. The third-order valence-corrected chi connectivity index (χ3v) is 4.22. The van der Waals surface area contributed by atoms with Gasteiger partial charge in [-0.2, -0.15) is 4.98 Å². The van der Waals surface area contributed by atoms with E-state index in [1.807, 2.05) is 42.5 Å². The fourth-order valence-corrected chi connectivity index (χ4v) is 2.70. The summed E-state index contributed by atoms with van der Waals surface area (Å²) in [4.78, 5) is 16.3. The average Bonchev–Trinajstić information content (AvgIpc) is 3.20. The number of aryl methyl sites for hydroxylation is 1. The number of nitrogens with one attached hydrogen (secondary N) is 1. The molecule has 0 spiro atoms. The van der Waals surface area contributed by atoms with Gasteiger partial charge < -0.3 is 14.6 Å². The van der Waals surface area contributed by atoms with E-state index in [4.69, 9.17) is 9.26 Å². The molecule has 0 aliphatic heterocycles. The van der Waals surface area contributed by atoms with Gasteiger partial charge in [-0.25, -0.2) is 0 Å². The Morgan fingerprint density at radius 1 is 1.07 bits per heavy atom. The van der Waals surface area contributed by atoms with Gasteiger partial charge in [0.05, 0.1) is 13.7 Å². The fourth-order valence-electron chi connectivity index (χ4n) is 2.70. The summed E-state index contributed by atoms with van der Waals surface area (Å²) in [7, 11) is 1.66. The maximum absolute atomic E-state index is 12.0. The molecule has 0 radical (unpaired) electrons. The summed E-state index contributed by atoms with van der Waals surface area (Å²) in [6.07, 6.45) is 3.21. The highest BCUT2D eigenvalue weighted by Gasteiger charge is 2.09. The first-order valence-corrected chi connectivity index (χ1v) is 9.02. The first kappa shape index (κ1) is 18.6. The molecule has 1 N–H and O–H groups in total. The number of benzene rings is 2. The van der Waals surface area contributed by atoms with Crippen LogP contribution < -0.4 is 10.1 Å². The summed E-state index contributed by atoms with van der Waals surface area (Å²) >= 11 is 0. The number of carbonyl (C=O) groups is 1. The number of rotatable bonds is 9. The Morgan fingerprint density at radius 3 is 2.59 bits per heavy atom. The van der Waals surface area contributed by atoms with Gasteiger partial charge in [0.15, 0.2) is 0 Å². The Labute approximate surface area is 158 Å². The Bertz CT molecular complexity index is 845. The van der Waals surface area contributed by atoms with Gasteiger partial charge >= 0.3 is 0 Å². The Morgan fingerprint density at radius 2 is 1.85 bits per heavy atom.